The number of nitrogens with zero attached hydrogens (tertiary/aromatic N) is 3. The number of hydrogen-bond acceptors (Lipinski definition) is 5. The Balaban J connectivity index is 1.64. The van der Waals surface area contributed by atoms with Crippen molar-refractivity contribution in [1.82, 2.24) is 9.80 Å². The van der Waals surface area contributed by atoms with Crippen molar-refractivity contribution in [3.8, 4) is 5.75 Å². The number of ether oxygens (including phenoxy) is 1. The van der Waals surface area contributed by atoms with Gasteiger partial charge in [-0.05, 0) is 30.7 Å². The Morgan fingerprint density at radius 1 is 1.21 bits per heavy atom. The van der Waals surface area contributed by atoms with E-state index in [1.807, 2.05) is 6.07 Å². The maximum Gasteiger partial charge on any atom is 0.285 e. The van der Waals surface area contributed by atoms with Crippen molar-refractivity contribution in [1.29, 1.82) is 0 Å². The predicted octanol–water partition coefficient (Wildman–Crippen LogP) is 3.01. The molecule has 0 radical (unpaired) electrons. The fourth-order valence-corrected chi connectivity index (χ4v) is 3.42. The van der Waals surface area contributed by atoms with E-state index < -0.39 is 10.7 Å². The fraction of sp³-hybridized carbons (Fsp3) is 0.350. The van der Waals surface area contributed by atoms with E-state index in [1.165, 1.54) is 19.2 Å². The second-order valence-corrected chi connectivity index (χ2v) is 6.77. The molecule has 2 aromatic carbocycles. The van der Waals surface area contributed by atoms with Gasteiger partial charge < -0.3 is 9.64 Å². The summed E-state index contributed by atoms with van der Waals surface area (Å²) in [5, 5.41) is 11.3. The zero-order chi connectivity index (χ0) is 20.3. The molecule has 0 atom stereocenters. The molecule has 148 valence electrons. The van der Waals surface area contributed by atoms with Gasteiger partial charge in [0.15, 0.2) is 11.6 Å². The number of halogens is 1. The highest BCUT2D eigenvalue weighted by atomic mass is 19.1. The van der Waals surface area contributed by atoms with Crippen LogP contribution in [0.1, 0.15) is 21.5 Å². The molecule has 0 unspecified atom stereocenters. The third-order valence-electron chi connectivity index (χ3n) is 4.93. The summed E-state index contributed by atoms with van der Waals surface area (Å²) in [4.78, 5) is 27.4. The zero-order valence-corrected chi connectivity index (χ0v) is 15.9. The van der Waals surface area contributed by atoms with Gasteiger partial charge in [-0.2, -0.15) is 0 Å². The molecule has 1 aliphatic rings. The Kier molecular flexibility index (Phi) is 5.89. The van der Waals surface area contributed by atoms with Crippen LogP contribution in [0.3, 0.4) is 0 Å². The number of rotatable bonds is 5. The number of hydrogen-bond donors (Lipinski definition) is 0. The van der Waals surface area contributed by atoms with Crippen LogP contribution in [0.4, 0.5) is 10.1 Å². The number of carbonyl (C=O) groups excluding carboxylic acids is 1. The van der Waals surface area contributed by atoms with E-state index in [2.05, 4.69) is 4.90 Å². The summed E-state index contributed by atoms with van der Waals surface area (Å²) >= 11 is 0. The van der Waals surface area contributed by atoms with Gasteiger partial charge in [-0.3, -0.25) is 19.8 Å². The molecule has 1 fully saturated rings. The molecule has 0 aromatic heterocycles. The van der Waals surface area contributed by atoms with E-state index in [1.54, 1.807) is 30.0 Å². The van der Waals surface area contributed by atoms with Crippen LogP contribution in [0.5, 0.6) is 5.75 Å². The summed E-state index contributed by atoms with van der Waals surface area (Å²) in [5.74, 6) is -0.523. The maximum absolute atomic E-state index is 13.8. The summed E-state index contributed by atoms with van der Waals surface area (Å²) in [6.07, 6.45) is 0. The largest absolute Gasteiger partial charge is 0.494 e. The molecule has 0 bridgehead atoms. The summed E-state index contributed by atoms with van der Waals surface area (Å²) in [6.45, 7) is 4.33. The molecular weight excluding hydrogens is 365 g/mol. The van der Waals surface area contributed by atoms with Crippen molar-refractivity contribution < 1.29 is 18.8 Å². The lowest BCUT2D eigenvalue weighted by atomic mass is 10.1. The van der Waals surface area contributed by atoms with Gasteiger partial charge in [0, 0.05) is 38.3 Å². The lowest BCUT2D eigenvalue weighted by Crippen LogP contribution is -2.48. The highest BCUT2D eigenvalue weighted by Crippen LogP contribution is 2.25. The number of methoxy groups -OCH3 is 1. The molecule has 7 nitrogen and oxygen atoms in total. The normalized spacial score (nSPS) is 14.8. The van der Waals surface area contributed by atoms with Crippen LogP contribution in [0.25, 0.3) is 0 Å². The van der Waals surface area contributed by atoms with Crippen molar-refractivity contribution in [2.24, 2.45) is 0 Å². The Morgan fingerprint density at radius 3 is 2.54 bits per heavy atom. The molecule has 0 spiro atoms. The molecule has 28 heavy (non-hydrogen) atoms. The van der Waals surface area contributed by atoms with Crippen LogP contribution < -0.4 is 4.74 Å². The lowest BCUT2D eigenvalue weighted by molar-refractivity contribution is -0.385. The molecule has 0 saturated carbocycles. The van der Waals surface area contributed by atoms with Gasteiger partial charge in [0.2, 0.25) is 0 Å². The van der Waals surface area contributed by atoms with Crippen LogP contribution in [0.15, 0.2) is 36.4 Å². The first-order valence-corrected chi connectivity index (χ1v) is 8.98. The number of para-hydroxylation sites is 1. The maximum atomic E-state index is 13.8. The molecule has 1 saturated heterocycles. The minimum absolute atomic E-state index is 0.121. The zero-order valence-electron chi connectivity index (χ0n) is 15.9. The summed E-state index contributed by atoms with van der Waals surface area (Å²) in [5.41, 5.74) is 1.28. The second-order valence-electron chi connectivity index (χ2n) is 6.77. The minimum atomic E-state index is -0.503. The summed E-state index contributed by atoms with van der Waals surface area (Å²) < 4.78 is 18.8. The van der Waals surface area contributed by atoms with Gasteiger partial charge in [-0.15, -0.1) is 0 Å². The van der Waals surface area contributed by atoms with Crippen molar-refractivity contribution in [3.63, 3.8) is 0 Å². The molecule has 2 aromatic rings. The van der Waals surface area contributed by atoms with Crippen LogP contribution in [-0.2, 0) is 6.54 Å². The van der Waals surface area contributed by atoms with Crippen LogP contribution >= 0.6 is 0 Å². The number of aryl methyl sites for hydroxylation is 1. The molecular formula is C20H22FN3O4. The number of amides is 1. The van der Waals surface area contributed by atoms with E-state index in [-0.39, 0.29) is 22.9 Å². The van der Waals surface area contributed by atoms with Gasteiger partial charge in [-0.1, -0.05) is 18.2 Å². The highest BCUT2D eigenvalue weighted by molar-refractivity contribution is 5.98. The van der Waals surface area contributed by atoms with E-state index >= 15 is 0 Å². The average Bonchev–Trinajstić information content (AvgIpc) is 2.67. The van der Waals surface area contributed by atoms with E-state index in [4.69, 9.17) is 4.74 Å². The number of nitro benzene ring substituents is 1. The van der Waals surface area contributed by atoms with Gasteiger partial charge >= 0.3 is 0 Å². The lowest BCUT2D eigenvalue weighted by Gasteiger charge is -2.34. The van der Waals surface area contributed by atoms with Gasteiger partial charge in [0.05, 0.1) is 12.0 Å². The van der Waals surface area contributed by atoms with Crippen LogP contribution in [-0.4, -0.2) is 53.9 Å². The molecule has 3 rings (SSSR count). The van der Waals surface area contributed by atoms with Crippen molar-refractivity contribution in [2.45, 2.75) is 13.5 Å². The van der Waals surface area contributed by atoms with E-state index in [0.29, 0.717) is 38.3 Å². The van der Waals surface area contributed by atoms with Gasteiger partial charge in [-0.25, -0.2) is 4.39 Å². The van der Waals surface area contributed by atoms with Crippen molar-refractivity contribution in [2.75, 3.05) is 33.3 Å². The second kappa shape index (κ2) is 8.35. The number of piperazine rings is 1. The Bertz CT molecular complexity index is 895. The topological polar surface area (TPSA) is 75.9 Å². The van der Waals surface area contributed by atoms with E-state index in [0.717, 1.165) is 5.56 Å². The molecule has 1 heterocycles. The SMILES string of the molecule is COc1ccc(CN2CCN(C(=O)c3cccc(C)c3[N+](=O)[O-])CC2)cc1F. The smallest absolute Gasteiger partial charge is 0.285 e. The molecule has 0 aliphatic carbocycles. The fourth-order valence-electron chi connectivity index (χ4n) is 3.42. The van der Waals surface area contributed by atoms with Crippen LogP contribution in [0.2, 0.25) is 0 Å². The van der Waals surface area contributed by atoms with Gasteiger partial charge in [0.1, 0.15) is 5.56 Å². The number of nitro groups is 1. The Morgan fingerprint density at radius 2 is 1.93 bits per heavy atom. The monoisotopic (exact) mass is 387 g/mol. The van der Waals surface area contributed by atoms with Crippen LogP contribution in [0, 0.1) is 22.9 Å². The minimum Gasteiger partial charge on any atom is -0.494 e. The average molecular weight is 387 g/mol. The third kappa shape index (κ3) is 4.12. The van der Waals surface area contributed by atoms with Crippen molar-refractivity contribution >= 4 is 11.6 Å². The highest BCUT2D eigenvalue weighted by Gasteiger charge is 2.28. The molecule has 1 amide bonds. The first-order chi connectivity index (χ1) is 13.4. The summed E-state index contributed by atoms with van der Waals surface area (Å²) in [7, 11) is 1.42. The Hall–Kier alpha value is -3.00. The summed E-state index contributed by atoms with van der Waals surface area (Å²) in [6, 6.07) is 9.65. The van der Waals surface area contributed by atoms with E-state index in [9.17, 15) is 19.3 Å². The molecule has 0 N–H and O–H groups in total. The molecule has 1 aliphatic heterocycles. The third-order valence-corrected chi connectivity index (χ3v) is 4.93. The predicted molar refractivity (Wildman–Crippen MR) is 102 cm³/mol. The standard InChI is InChI=1S/C20H22FN3O4/c1-14-4-3-5-16(19(14)24(26)27)20(25)23-10-8-22(9-11-23)13-15-6-7-18(28-2)17(21)12-15/h3-7,12H,8-11,13H2,1-2H3. The molecule has 8 heteroatoms. The quantitative estimate of drug-likeness (QED) is 0.582. The Labute approximate surface area is 162 Å². The van der Waals surface area contributed by atoms with Crippen molar-refractivity contribution in [3.05, 3.63) is 69.0 Å². The number of carbonyl (C=O) groups is 1. The number of benzene rings is 2. The first-order valence-electron chi connectivity index (χ1n) is 8.98. The first kappa shape index (κ1) is 19.8. The van der Waals surface area contributed by atoms with Gasteiger partial charge in [0.25, 0.3) is 11.6 Å².